The van der Waals surface area contributed by atoms with Crippen LogP contribution >= 0.6 is 0 Å². The van der Waals surface area contributed by atoms with E-state index >= 15 is 0 Å². The molecule has 0 aromatic carbocycles. The summed E-state index contributed by atoms with van der Waals surface area (Å²) in [6.45, 7) is -1.60. The molecule has 1 heterocycles. The van der Waals surface area contributed by atoms with Crippen LogP contribution < -0.4 is 0 Å². The van der Waals surface area contributed by atoms with E-state index in [1.165, 1.54) is 0 Å². The molecule has 1 saturated heterocycles. The number of aliphatic hydroxyl groups excluding tert-OH is 5. The molecule has 0 unspecified atom stereocenters. The Hall–Kier alpha value is -0.280. The fraction of sp³-hybridized carbons (Fsp3) is 1.00. The largest absolute Gasteiger partial charge is 0.394 e. The summed E-state index contributed by atoms with van der Waals surface area (Å²) < 4.78 is 4.66. The average molecular weight is 210 g/mol. The molecule has 0 aromatic heterocycles. The minimum atomic E-state index is -2.36. The molecule has 7 heteroatoms. The van der Waals surface area contributed by atoms with Gasteiger partial charge < -0.3 is 35.4 Å². The zero-order valence-corrected chi connectivity index (χ0v) is 7.32. The van der Waals surface area contributed by atoms with Crippen LogP contribution in [0.4, 0.5) is 0 Å². The van der Waals surface area contributed by atoms with Crippen LogP contribution in [0, 0.1) is 0 Å². The number of hydrogen-bond acceptors (Lipinski definition) is 7. The minimum Gasteiger partial charge on any atom is -0.394 e. The maximum atomic E-state index is 9.43. The predicted octanol–water partition coefficient (Wildman–Crippen LogP) is -3.86. The summed E-state index contributed by atoms with van der Waals surface area (Å²) in [4.78, 5) is 0. The molecule has 0 spiro atoms. The first-order chi connectivity index (χ1) is 6.46. The summed E-state index contributed by atoms with van der Waals surface area (Å²) in [6, 6.07) is 0. The molecule has 0 aliphatic carbocycles. The highest BCUT2D eigenvalue weighted by molar-refractivity contribution is 4.95. The van der Waals surface area contributed by atoms with Gasteiger partial charge in [0, 0.05) is 0 Å². The monoisotopic (exact) mass is 210 g/mol. The summed E-state index contributed by atoms with van der Waals surface area (Å²) in [5, 5.41) is 54.6. The molecule has 7 nitrogen and oxygen atoms in total. The van der Waals surface area contributed by atoms with Crippen molar-refractivity contribution in [3.63, 3.8) is 0 Å². The molecule has 84 valence electrons. The SMILES string of the molecule is OC[C@@H]1O[C@](O)(CO)[C@H](O)[C@@H](O)[C@H]1O. The molecule has 0 radical (unpaired) electrons. The molecule has 1 aliphatic heterocycles. The molecular weight excluding hydrogens is 196 g/mol. The van der Waals surface area contributed by atoms with E-state index in [1.807, 2.05) is 0 Å². The van der Waals surface area contributed by atoms with Gasteiger partial charge in [-0.05, 0) is 0 Å². The van der Waals surface area contributed by atoms with Crippen molar-refractivity contribution in [2.75, 3.05) is 13.2 Å². The van der Waals surface area contributed by atoms with Crippen LogP contribution in [0.25, 0.3) is 0 Å². The van der Waals surface area contributed by atoms with Crippen molar-refractivity contribution < 1.29 is 35.4 Å². The lowest BCUT2D eigenvalue weighted by Gasteiger charge is -2.44. The van der Waals surface area contributed by atoms with Gasteiger partial charge in [0.1, 0.15) is 24.4 Å². The second-order valence-electron chi connectivity index (χ2n) is 3.27. The van der Waals surface area contributed by atoms with E-state index in [2.05, 4.69) is 4.74 Å². The number of rotatable bonds is 2. The Labute approximate surface area is 79.8 Å². The van der Waals surface area contributed by atoms with Crippen molar-refractivity contribution in [3.05, 3.63) is 0 Å². The molecule has 0 aromatic rings. The molecule has 5 atom stereocenters. The average Bonchev–Trinajstić information content (AvgIpc) is 2.20. The van der Waals surface area contributed by atoms with Crippen molar-refractivity contribution in [2.24, 2.45) is 0 Å². The Morgan fingerprint density at radius 2 is 1.64 bits per heavy atom. The van der Waals surface area contributed by atoms with E-state index in [-0.39, 0.29) is 0 Å². The molecule has 1 aliphatic rings. The standard InChI is InChI=1S/C7H14O7/c8-1-3-4(10)5(11)6(12)7(13,2-9)14-3/h3-6,8-13H,1-2H2/t3-,4-,5-,6+,7+/m0/s1. The summed E-state index contributed by atoms with van der Waals surface area (Å²) in [7, 11) is 0. The first-order valence-corrected chi connectivity index (χ1v) is 4.12. The Balaban J connectivity index is 2.84. The van der Waals surface area contributed by atoms with Gasteiger partial charge in [-0.15, -0.1) is 0 Å². The predicted molar refractivity (Wildman–Crippen MR) is 42.0 cm³/mol. The molecule has 0 amide bonds. The van der Waals surface area contributed by atoms with Crippen LogP contribution in [0.1, 0.15) is 0 Å². The van der Waals surface area contributed by atoms with E-state index in [0.29, 0.717) is 0 Å². The van der Waals surface area contributed by atoms with Gasteiger partial charge in [-0.2, -0.15) is 0 Å². The van der Waals surface area contributed by atoms with Crippen LogP contribution in [-0.4, -0.2) is 74.1 Å². The van der Waals surface area contributed by atoms with E-state index in [0.717, 1.165) is 0 Å². The third-order valence-electron chi connectivity index (χ3n) is 2.28. The molecule has 0 saturated carbocycles. The van der Waals surface area contributed by atoms with E-state index in [1.54, 1.807) is 0 Å². The summed E-state index contributed by atoms with van der Waals surface area (Å²) in [5.41, 5.74) is 0. The van der Waals surface area contributed by atoms with Crippen molar-refractivity contribution in [1.29, 1.82) is 0 Å². The summed E-state index contributed by atoms with van der Waals surface area (Å²) in [5.74, 6) is -2.36. The lowest BCUT2D eigenvalue weighted by Crippen LogP contribution is -2.66. The molecular formula is C7H14O7. The second kappa shape index (κ2) is 4.07. The third-order valence-corrected chi connectivity index (χ3v) is 2.28. The Kier molecular flexibility index (Phi) is 3.43. The highest BCUT2D eigenvalue weighted by Gasteiger charge is 2.52. The lowest BCUT2D eigenvalue weighted by molar-refractivity contribution is -0.357. The van der Waals surface area contributed by atoms with Crippen LogP contribution in [0.5, 0.6) is 0 Å². The number of hydrogen-bond donors (Lipinski definition) is 6. The number of aliphatic hydroxyl groups is 6. The van der Waals surface area contributed by atoms with Crippen molar-refractivity contribution >= 4 is 0 Å². The van der Waals surface area contributed by atoms with Gasteiger partial charge in [0.05, 0.1) is 13.2 Å². The molecule has 1 fully saturated rings. The van der Waals surface area contributed by atoms with Crippen LogP contribution in [0.15, 0.2) is 0 Å². The van der Waals surface area contributed by atoms with Crippen molar-refractivity contribution in [1.82, 2.24) is 0 Å². The minimum absolute atomic E-state index is 0.646. The zero-order valence-electron chi connectivity index (χ0n) is 7.32. The van der Waals surface area contributed by atoms with Gasteiger partial charge in [-0.1, -0.05) is 0 Å². The van der Waals surface area contributed by atoms with Gasteiger partial charge in [-0.3, -0.25) is 0 Å². The summed E-state index contributed by atoms with van der Waals surface area (Å²) in [6.07, 6.45) is -6.27. The molecule has 0 bridgehead atoms. The molecule has 6 N–H and O–H groups in total. The van der Waals surface area contributed by atoms with E-state index < -0.39 is 43.4 Å². The smallest absolute Gasteiger partial charge is 0.219 e. The lowest BCUT2D eigenvalue weighted by atomic mass is 9.93. The first kappa shape index (κ1) is 11.8. The van der Waals surface area contributed by atoms with Crippen LogP contribution in [0.3, 0.4) is 0 Å². The number of ether oxygens (including phenoxy) is 1. The third kappa shape index (κ3) is 1.75. The van der Waals surface area contributed by atoms with Crippen molar-refractivity contribution in [3.8, 4) is 0 Å². The quantitative estimate of drug-likeness (QED) is 0.275. The molecule has 1 rings (SSSR count). The van der Waals surface area contributed by atoms with E-state index in [9.17, 15) is 20.4 Å². The fourth-order valence-electron chi connectivity index (χ4n) is 1.35. The Bertz CT molecular complexity index is 196. The maximum absolute atomic E-state index is 9.43. The zero-order chi connectivity index (χ0) is 10.9. The summed E-state index contributed by atoms with van der Waals surface area (Å²) >= 11 is 0. The maximum Gasteiger partial charge on any atom is 0.219 e. The van der Waals surface area contributed by atoms with Gasteiger partial charge in [0.2, 0.25) is 5.79 Å². The van der Waals surface area contributed by atoms with Gasteiger partial charge in [0.25, 0.3) is 0 Å². The fourth-order valence-corrected chi connectivity index (χ4v) is 1.35. The van der Waals surface area contributed by atoms with Gasteiger partial charge >= 0.3 is 0 Å². The van der Waals surface area contributed by atoms with Gasteiger partial charge in [0.15, 0.2) is 0 Å². The topological polar surface area (TPSA) is 131 Å². The highest BCUT2D eigenvalue weighted by atomic mass is 16.7. The Morgan fingerprint density at radius 1 is 1.07 bits per heavy atom. The van der Waals surface area contributed by atoms with Gasteiger partial charge in [-0.25, -0.2) is 0 Å². The first-order valence-electron chi connectivity index (χ1n) is 4.12. The van der Waals surface area contributed by atoms with E-state index in [4.69, 9.17) is 10.2 Å². The van der Waals surface area contributed by atoms with Crippen molar-refractivity contribution in [2.45, 2.75) is 30.2 Å². The van der Waals surface area contributed by atoms with Crippen LogP contribution in [-0.2, 0) is 4.74 Å². The highest BCUT2D eigenvalue weighted by Crippen LogP contribution is 2.27. The molecule has 14 heavy (non-hydrogen) atoms. The van der Waals surface area contributed by atoms with Crippen LogP contribution in [0.2, 0.25) is 0 Å². The Morgan fingerprint density at radius 3 is 2.07 bits per heavy atom. The normalized spacial score (nSPS) is 49.3. The second-order valence-corrected chi connectivity index (χ2v) is 3.27.